The van der Waals surface area contributed by atoms with Gasteiger partial charge in [-0.05, 0) is 18.2 Å². The van der Waals surface area contributed by atoms with Gasteiger partial charge in [-0.1, -0.05) is 0 Å². The summed E-state index contributed by atoms with van der Waals surface area (Å²) >= 11 is 0. The van der Waals surface area contributed by atoms with E-state index >= 15 is 0 Å². The van der Waals surface area contributed by atoms with Crippen molar-refractivity contribution >= 4 is 11.6 Å². The van der Waals surface area contributed by atoms with Gasteiger partial charge in [-0.3, -0.25) is 9.69 Å². The topological polar surface area (TPSA) is 67.6 Å². The fraction of sp³-hybridized carbons (Fsp3) is 0.500. The van der Waals surface area contributed by atoms with Crippen LogP contribution in [0.5, 0.6) is 0 Å². The van der Waals surface area contributed by atoms with Gasteiger partial charge in [-0.15, -0.1) is 0 Å². The number of nitrogens with two attached hydrogens (primary N) is 1. The maximum atomic E-state index is 12.9. The first-order valence-corrected chi connectivity index (χ1v) is 6.93. The average Bonchev–Trinajstić information content (AvgIpc) is 2.47. The number of hydrogen-bond donors (Lipinski definition) is 2. The molecule has 0 spiro atoms. The molecule has 1 aromatic carbocycles. The lowest BCUT2D eigenvalue weighted by atomic mass is 10.1. The van der Waals surface area contributed by atoms with Crippen molar-refractivity contribution in [3.63, 3.8) is 0 Å². The van der Waals surface area contributed by atoms with Gasteiger partial charge in [-0.25, -0.2) is 0 Å². The van der Waals surface area contributed by atoms with E-state index in [-0.39, 0.29) is 12.2 Å². The number of benzene rings is 1. The summed E-state index contributed by atoms with van der Waals surface area (Å²) in [6, 6.07) is 3.16. The second-order valence-corrected chi connectivity index (χ2v) is 5.01. The zero-order valence-electron chi connectivity index (χ0n) is 11.9. The van der Waals surface area contributed by atoms with Crippen LogP contribution >= 0.6 is 0 Å². The summed E-state index contributed by atoms with van der Waals surface area (Å²) in [7, 11) is 0. The van der Waals surface area contributed by atoms with E-state index in [0.29, 0.717) is 19.8 Å². The third-order valence-electron chi connectivity index (χ3n) is 3.41. The minimum absolute atomic E-state index is 0.0304. The molecule has 3 N–H and O–H groups in total. The van der Waals surface area contributed by atoms with Gasteiger partial charge >= 0.3 is 6.18 Å². The second kappa shape index (κ2) is 6.97. The van der Waals surface area contributed by atoms with Crippen LogP contribution in [0.15, 0.2) is 18.2 Å². The Bertz CT molecular complexity index is 529. The van der Waals surface area contributed by atoms with E-state index < -0.39 is 23.2 Å². The lowest BCUT2D eigenvalue weighted by molar-refractivity contribution is -0.137. The Labute approximate surface area is 126 Å². The molecule has 1 aliphatic heterocycles. The van der Waals surface area contributed by atoms with Crippen LogP contribution in [0.3, 0.4) is 0 Å². The molecule has 0 radical (unpaired) electrons. The van der Waals surface area contributed by atoms with E-state index in [0.717, 1.165) is 25.2 Å². The average molecular weight is 317 g/mol. The first-order valence-electron chi connectivity index (χ1n) is 6.93. The standard InChI is InChI=1S/C14H18F3N3O2/c15-14(16,17)12-9-10(18)1-2-11(12)13(21)19-3-4-20-5-7-22-8-6-20/h1-2,9H,3-8,18H2,(H,19,21). The maximum absolute atomic E-state index is 12.9. The molecule has 22 heavy (non-hydrogen) atoms. The molecule has 1 amide bonds. The lowest BCUT2D eigenvalue weighted by Crippen LogP contribution is -2.41. The van der Waals surface area contributed by atoms with Crippen LogP contribution in [-0.2, 0) is 10.9 Å². The third kappa shape index (κ3) is 4.35. The molecule has 0 aromatic heterocycles. The fourth-order valence-electron chi connectivity index (χ4n) is 2.24. The molecule has 0 unspecified atom stereocenters. The van der Waals surface area contributed by atoms with Gasteiger partial charge in [0.1, 0.15) is 0 Å². The van der Waals surface area contributed by atoms with Gasteiger partial charge in [0, 0.05) is 31.9 Å². The van der Waals surface area contributed by atoms with E-state index in [9.17, 15) is 18.0 Å². The van der Waals surface area contributed by atoms with Crippen molar-refractivity contribution in [1.82, 2.24) is 10.2 Å². The predicted molar refractivity (Wildman–Crippen MR) is 75.4 cm³/mol. The number of carbonyl (C=O) groups excluding carboxylic acids is 1. The number of anilines is 1. The van der Waals surface area contributed by atoms with E-state index in [4.69, 9.17) is 10.5 Å². The minimum Gasteiger partial charge on any atom is -0.399 e. The quantitative estimate of drug-likeness (QED) is 0.823. The number of carbonyl (C=O) groups is 1. The van der Waals surface area contributed by atoms with Crippen LogP contribution in [0.2, 0.25) is 0 Å². The van der Waals surface area contributed by atoms with E-state index in [1.807, 2.05) is 0 Å². The van der Waals surface area contributed by atoms with Gasteiger partial charge in [0.25, 0.3) is 5.91 Å². The van der Waals surface area contributed by atoms with Crippen LogP contribution in [0, 0.1) is 0 Å². The van der Waals surface area contributed by atoms with E-state index in [1.165, 1.54) is 6.07 Å². The molecule has 8 heteroatoms. The van der Waals surface area contributed by atoms with Crippen molar-refractivity contribution in [1.29, 1.82) is 0 Å². The summed E-state index contributed by atoms with van der Waals surface area (Å²) in [5.41, 5.74) is 3.91. The number of nitrogens with zero attached hydrogens (tertiary/aromatic N) is 1. The Morgan fingerprint density at radius 3 is 2.64 bits per heavy atom. The van der Waals surface area contributed by atoms with Crippen LogP contribution in [-0.4, -0.2) is 50.2 Å². The van der Waals surface area contributed by atoms with Crippen LogP contribution in [0.4, 0.5) is 18.9 Å². The Morgan fingerprint density at radius 1 is 1.32 bits per heavy atom. The van der Waals surface area contributed by atoms with Gasteiger partial charge in [0.2, 0.25) is 0 Å². The highest BCUT2D eigenvalue weighted by Gasteiger charge is 2.35. The molecule has 0 aliphatic carbocycles. The van der Waals surface area contributed by atoms with Gasteiger partial charge in [0.05, 0.1) is 24.3 Å². The summed E-state index contributed by atoms with van der Waals surface area (Å²) in [6.07, 6.45) is -4.62. The highest BCUT2D eigenvalue weighted by molar-refractivity contribution is 5.96. The van der Waals surface area contributed by atoms with Crippen LogP contribution in [0.25, 0.3) is 0 Å². The third-order valence-corrected chi connectivity index (χ3v) is 3.41. The molecule has 122 valence electrons. The van der Waals surface area contributed by atoms with E-state index in [2.05, 4.69) is 10.2 Å². The SMILES string of the molecule is Nc1ccc(C(=O)NCCN2CCOCC2)c(C(F)(F)F)c1. The van der Waals surface area contributed by atoms with Crippen molar-refractivity contribution in [2.45, 2.75) is 6.18 Å². The predicted octanol–water partition coefficient (Wildman–Crippen LogP) is 1.35. The van der Waals surface area contributed by atoms with Gasteiger partial charge in [-0.2, -0.15) is 13.2 Å². The van der Waals surface area contributed by atoms with Gasteiger partial charge < -0.3 is 15.8 Å². The monoisotopic (exact) mass is 317 g/mol. The minimum atomic E-state index is -4.62. The Morgan fingerprint density at radius 2 is 2.00 bits per heavy atom. The molecule has 0 saturated carbocycles. The smallest absolute Gasteiger partial charge is 0.399 e. The normalized spacial score (nSPS) is 16.5. The number of ether oxygens (including phenoxy) is 1. The summed E-state index contributed by atoms with van der Waals surface area (Å²) in [5.74, 6) is -0.749. The lowest BCUT2D eigenvalue weighted by Gasteiger charge is -2.26. The molecule has 0 bridgehead atoms. The summed E-state index contributed by atoms with van der Waals surface area (Å²) in [5, 5.41) is 2.52. The molecule has 1 saturated heterocycles. The molecule has 2 rings (SSSR count). The number of alkyl halides is 3. The zero-order chi connectivity index (χ0) is 16.2. The number of hydrogen-bond acceptors (Lipinski definition) is 4. The van der Waals surface area contributed by atoms with Crippen molar-refractivity contribution in [2.24, 2.45) is 0 Å². The Hall–Kier alpha value is -1.80. The number of amides is 1. The molecule has 5 nitrogen and oxygen atoms in total. The molecular weight excluding hydrogens is 299 g/mol. The molecule has 1 fully saturated rings. The van der Waals surface area contributed by atoms with E-state index in [1.54, 1.807) is 0 Å². The first kappa shape index (κ1) is 16.6. The summed E-state index contributed by atoms with van der Waals surface area (Å²) < 4.78 is 44.0. The second-order valence-electron chi connectivity index (χ2n) is 5.01. The maximum Gasteiger partial charge on any atom is 0.417 e. The number of rotatable bonds is 4. The summed E-state index contributed by atoms with van der Waals surface area (Å²) in [6.45, 7) is 3.62. The number of nitrogens with one attached hydrogen (secondary N) is 1. The number of nitrogen functional groups attached to an aromatic ring is 1. The molecular formula is C14H18F3N3O2. The van der Waals surface area contributed by atoms with Crippen molar-refractivity contribution < 1.29 is 22.7 Å². The molecule has 1 aromatic rings. The Kier molecular flexibility index (Phi) is 5.25. The largest absolute Gasteiger partial charge is 0.417 e. The van der Waals surface area contributed by atoms with Gasteiger partial charge in [0.15, 0.2) is 0 Å². The first-order chi connectivity index (χ1) is 10.4. The van der Waals surface area contributed by atoms with Crippen molar-refractivity contribution in [3.05, 3.63) is 29.3 Å². The number of morpholine rings is 1. The molecule has 1 aliphatic rings. The highest BCUT2D eigenvalue weighted by atomic mass is 19.4. The zero-order valence-corrected chi connectivity index (χ0v) is 11.9. The van der Waals surface area contributed by atoms with Crippen molar-refractivity contribution in [3.8, 4) is 0 Å². The fourth-order valence-corrected chi connectivity index (χ4v) is 2.24. The van der Waals surface area contributed by atoms with Crippen molar-refractivity contribution in [2.75, 3.05) is 45.1 Å². The van der Waals surface area contributed by atoms with Crippen LogP contribution < -0.4 is 11.1 Å². The van der Waals surface area contributed by atoms with Crippen LogP contribution in [0.1, 0.15) is 15.9 Å². The highest BCUT2D eigenvalue weighted by Crippen LogP contribution is 2.33. The Balaban J connectivity index is 1.97. The summed E-state index contributed by atoms with van der Waals surface area (Å²) in [4.78, 5) is 14.1. The molecule has 0 atom stereocenters. The molecule has 1 heterocycles. The number of halogens is 3.